The molecule has 4 rings (SSSR count). The molecule has 2 aromatic carbocycles. The lowest BCUT2D eigenvalue weighted by Gasteiger charge is -2.22. The van der Waals surface area contributed by atoms with Crippen LogP contribution in [0.5, 0.6) is 11.5 Å². The fraction of sp³-hybridized carbons (Fsp3) is 0.222. The quantitative estimate of drug-likeness (QED) is 0.766. The van der Waals surface area contributed by atoms with Crippen LogP contribution in [0.25, 0.3) is 22.2 Å². The Morgan fingerprint density at radius 2 is 2.09 bits per heavy atom. The molecule has 0 saturated heterocycles. The van der Waals surface area contributed by atoms with E-state index in [0.717, 1.165) is 33.7 Å². The maximum absolute atomic E-state index is 9.89. The van der Waals surface area contributed by atoms with Crippen LogP contribution in [0.1, 0.15) is 12.5 Å². The molecule has 1 N–H and O–H groups in total. The van der Waals surface area contributed by atoms with Crippen molar-refractivity contribution in [3.63, 3.8) is 0 Å². The first-order chi connectivity index (χ1) is 10.8. The number of rotatable bonds is 3. The summed E-state index contributed by atoms with van der Waals surface area (Å²) in [5, 5.41) is 11.0. The third-order valence-corrected chi connectivity index (χ3v) is 4.99. The van der Waals surface area contributed by atoms with E-state index in [1.807, 2.05) is 42.1 Å². The van der Waals surface area contributed by atoms with Gasteiger partial charge in [0.2, 0.25) is 0 Å². The number of phenolic OH excluding ortho intramolecular Hbond substituents is 1. The van der Waals surface area contributed by atoms with Gasteiger partial charge in [0, 0.05) is 16.7 Å². The smallest absolute Gasteiger partial charge is 0.165 e. The van der Waals surface area contributed by atoms with Crippen molar-refractivity contribution >= 4 is 22.7 Å². The van der Waals surface area contributed by atoms with Gasteiger partial charge in [0.05, 0.1) is 11.2 Å². The fourth-order valence-electron chi connectivity index (χ4n) is 3.13. The number of benzene rings is 2. The van der Waals surface area contributed by atoms with Crippen LogP contribution in [0.4, 0.5) is 0 Å². The van der Waals surface area contributed by atoms with Crippen molar-refractivity contribution in [2.75, 3.05) is 5.75 Å². The van der Waals surface area contributed by atoms with E-state index in [0.29, 0.717) is 12.5 Å². The molecule has 0 bridgehead atoms. The molecule has 3 nitrogen and oxygen atoms in total. The van der Waals surface area contributed by atoms with Gasteiger partial charge in [-0.1, -0.05) is 19.1 Å². The summed E-state index contributed by atoms with van der Waals surface area (Å²) in [5.74, 6) is 3.26. The highest BCUT2D eigenvalue weighted by atomic mass is 32.2. The molecule has 0 fully saturated rings. The summed E-state index contributed by atoms with van der Waals surface area (Å²) in [5.41, 5.74) is 4.77. The van der Waals surface area contributed by atoms with Gasteiger partial charge in [-0.2, -0.15) is 11.8 Å². The minimum absolute atomic E-state index is 0.312. The van der Waals surface area contributed by atoms with E-state index < -0.39 is 0 Å². The Kier molecular flexibility index (Phi) is 3.26. The number of aromatic nitrogens is 1. The van der Waals surface area contributed by atoms with Crippen LogP contribution in [0.2, 0.25) is 0 Å². The summed E-state index contributed by atoms with van der Waals surface area (Å²) in [6.07, 6.45) is 0. The number of nitrogens with zero attached hydrogens (tertiary/aromatic N) is 1. The second-order valence-electron chi connectivity index (χ2n) is 5.36. The highest BCUT2D eigenvalue weighted by molar-refractivity contribution is 7.98. The Bertz CT molecular complexity index is 854. The zero-order valence-electron chi connectivity index (χ0n) is 12.4. The predicted octanol–water partition coefficient (Wildman–Crippen LogP) is 4.62. The maximum atomic E-state index is 9.89. The number of hydrogen-bond acceptors (Lipinski definition) is 3. The molecule has 0 spiro atoms. The fourth-order valence-corrected chi connectivity index (χ4v) is 3.83. The van der Waals surface area contributed by atoms with Gasteiger partial charge in [0.1, 0.15) is 11.5 Å². The number of para-hydroxylation sites is 1. The van der Waals surface area contributed by atoms with Crippen LogP contribution >= 0.6 is 11.8 Å². The average molecular weight is 311 g/mol. The molecule has 112 valence electrons. The van der Waals surface area contributed by atoms with Crippen molar-refractivity contribution in [3.05, 3.63) is 48.0 Å². The molecular formula is C18H17NO2S. The SMILES string of the molecule is CCSCc1c2n(c3ccc(O)cc13)COc1ccccc1-2. The van der Waals surface area contributed by atoms with Gasteiger partial charge in [-0.05, 0) is 41.6 Å². The Morgan fingerprint density at radius 1 is 1.23 bits per heavy atom. The maximum Gasteiger partial charge on any atom is 0.165 e. The Balaban J connectivity index is 2.04. The molecule has 0 radical (unpaired) electrons. The van der Waals surface area contributed by atoms with Gasteiger partial charge in [-0.25, -0.2) is 0 Å². The number of hydrogen-bond donors (Lipinski definition) is 1. The monoisotopic (exact) mass is 311 g/mol. The van der Waals surface area contributed by atoms with Crippen molar-refractivity contribution in [1.82, 2.24) is 4.57 Å². The largest absolute Gasteiger partial charge is 0.508 e. The molecule has 0 unspecified atom stereocenters. The van der Waals surface area contributed by atoms with Crippen LogP contribution < -0.4 is 4.74 Å². The van der Waals surface area contributed by atoms with Crippen LogP contribution in [-0.4, -0.2) is 15.4 Å². The van der Waals surface area contributed by atoms with Gasteiger partial charge in [0.25, 0.3) is 0 Å². The third kappa shape index (κ3) is 1.98. The first kappa shape index (κ1) is 13.6. The lowest BCUT2D eigenvalue weighted by Crippen LogP contribution is -2.12. The van der Waals surface area contributed by atoms with Gasteiger partial charge < -0.3 is 14.4 Å². The van der Waals surface area contributed by atoms with Crippen molar-refractivity contribution in [3.8, 4) is 22.8 Å². The second kappa shape index (κ2) is 5.29. The minimum atomic E-state index is 0.312. The summed E-state index contributed by atoms with van der Waals surface area (Å²) in [6, 6.07) is 13.8. The van der Waals surface area contributed by atoms with Crippen LogP contribution in [0, 0.1) is 0 Å². The molecule has 0 amide bonds. The normalized spacial score (nSPS) is 12.8. The number of thioether (sulfide) groups is 1. The van der Waals surface area contributed by atoms with Gasteiger partial charge in [-0.3, -0.25) is 0 Å². The van der Waals surface area contributed by atoms with E-state index in [2.05, 4.69) is 17.6 Å². The lowest BCUT2D eigenvalue weighted by molar-refractivity contribution is 0.235. The summed E-state index contributed by atoms with van der Waals surface area (Å²) in [6.45, 7) is 2.69. The molecule has 2 heterocycles. The van der Waals surface area contributed by atoms with Gasteiger partial charge in [-0.15, -0.1) is 0 Å². The van der Waals surface area contributed by atoms with Gasteiger partial charge >= 0.3 is 0 Å². The van der Waals surface area contributed by atoms with Crippen molar-refractivity contribution < 1.29 is 9.84 Å². The molecular weight excluding hydrogens is 294 g/mol. The van der Waals surface area contributed by atoms with Crippen LogP contribution in [0.3, 0.4) is 0 Å². The number of ether oxygens (including phenoxy) is 1. The van der Waals surface area contributed by atoms with E-state index in [1.165, 1.54) is 11.3 Å². The second-order valence-corrected chi connectivity index (χ2v) is 6.64. The van der Waals surface area contributed by atoms with E-state index in [9.17, 15) is 5.11 Å². The highest BCUT2D eigenvalue weighted by Gasteiger charge is 2.24. The molecule has 1 aliphatic rings. The Hall–Kier alpha value is -2.07. The first-order valence-corrected chi connectivity index (χ1v) is 8.59. The molecule has 0 saturated carbocycles. The zero-order chi connectivity index (χ0) is 15.1. The molecule has 3 aromatic rings. The summed E-state index contributed by atoms with van der Waals surface area (Å²) in [4.78, 5) is 0. The topological polar surface area (TPSA) is 34.4 Å². The Morgan fingerprint density at radius 3 is 2.95 bits per heavy atom. The molecule has 22 heavy (non-hydrogen) atoms. The molecule has 4 heteroatoms. The molecule has 0 aliphatic carbocycles. The van der Waals surface area contributed by atoms with Gasteiger partial charge in [0.15, 0.2) is 6.73 Å². The van der Waals surface area contributed by atoms with E-state index in [4.69, 9.17) is 4.74 Å². The standard InChI is InChI=1S/C18H17NO2S/c1-2-22-10-15-14-9-12(20)7-8-16(14)19-11-21-17-6-4-3-5-13(17)18(15)19/h3-9,20H,2,10-11H2,1H3. The number of aromatic hydroxyl groups is 1. The molecule has 0 atom stereocenters. The minimum Gasteiger partial charge on any atom is -0.508 e. The third-order valence-electron chi connectivity index (χ3n) is 4.09. The summed E-state index contributed by atoms with van der Waals surface area (Å²) >= 11 is 1.90. The highest BCUT2D eigenvalue weighted by Crippen LogP contribution is 2.43. The van der Waals surface area contributed by atoms with Crippen molar-refractivity contribution in [2.45, 2.75) is 19.4 Å². The summed E-state index contributed by atoms with van der Waals surface area (Å²) in [7, 11) is 0. The van der Waals surface area contributed by atoms with Crippen molar-refractivity contribution in [2.24, 2.45) is 0 Å². The zero-order valence-corrected chi connectivity index (χ0v) is 13.2. The van der Waals surface area contributed by atoms with Crippen LogP contribution in [0.15, 0.2) is 42.5 Å². The van der Waals surface area contributed by atoms with E-state index in [1.54, 1.807) is 6.07 Å². The molecule has 1 aliphatic heterocycles. The first-order valence-electron chi connectivity index (χ1n) is 7.43. The van der Waals surface area contributed by atoms with E-state index >= 15 is 0 Å². The summed E-state index contributed by atoms with van der Waals surface area (Å²) < 4.78 is 8.11. The predicted molar refractivity (Wildman–Crippen MR) is 91.5 cm³/mol. The average Bonchev–Trinajstić information content (AvgIpc) is 2.86. The number of fused-ring (bicyclic) bond motifs is 5. The number of phenols is 1. The Labute approximate surface area is 133 Å². The molecule has 1 aromatic heterocycles. The van der Waals surface area contributed by atoms with Crippen molar-refractivity contribution in [1.29, 1.82) is 0 Å². The van der Waals surface area contributed by atoms with E-state index in [-0.39, 0.29) is 0 Å². The van der Waals surface area contributed by atoms with Crippen LogP contribution in [-0.2, 0) is 12.5 Å². The lowest BCUT2D eigenvalue weighted by atomic mass is 10.0.